The van der Waals surface area contributed by atoms with Crippen LogP contribution in [0, 0.1) is 16.2 Å². The number of ether oxygens (including phenoxy) is 1. The summed E-state index contributed by atoms with van der Waals surface area (Å²) in [7, 11) is 1.26. The van der Waals surface area contributed by atoms with E-state index in [-0.39, 0.29) is 0 Å². The number of rotatable bonds is 1. The second-order valence-electron chi connectivity index (χ2n) is 5.51. The van der Waals surface area contributed by atoms with E-state index in [9.17, 15) is 14.4 Å². The van der Waals surface area contributed by atoms with Gasteiger partial charge in [0.2, 0.25) is 11.6 Å². The molecule has 88 valence electrons. The zero-order valence-electron chi connectivity index (χ0n) is 10.0. The number of hydrogen-bond acceptors (Lipinski definition) is 4. The zero-order valence-corrected chi connectivity index (χ0v) is 10.0. The van der Waals surface area contributed by atoms with Gasteiger partial charge in [-0.1, -0.05) is 20.8 Å². The Balaban J connectivity index is 2.68. The summed E-state index contributed by atoms with van der Waals surface area (Å²) in [6.45, 7) is 5.42. The molecule has 0 N–H and O–H groups in total. The van der Waals surface area contributed by atoms with Crippen LogP contribution in [0.4, 0.5) is 0 Å². The highest BCUT2D eigenvalue weighted by Crippen LogP contribution is 2.69. The van der Waals surface area contributed by atoms with Crippen molar-refractivity contribution >= 4 is 17.5 Å². The van der Waals surface area contributed by atoms with E-state index in [1.807, 2.05) is 13.8 Å². The summed E-state index contributed by atoms with van der Waals surface area (Å²) in [5.74, 6) is -1.52. The van der Waals surface area contributed by atoms with Crippen molar-refractivity contribution in [2.24, 2.45) is 16.2 Å². The number of ketones is 2. The van der Waals surface area contributed by atoms with Gasteiger partial charge in [-0.25, -0.2) is 0 Å². The van der Waals surface area contributed by atoms with E-state index in [2.05, 4.69) is 0 Å². The van der Waals surface area contributed by atoms with Gasteiger partial charge in [0, 0.05) is 10.8 Å². The average molecular weight is 224 g/mol. The van der Waals surface area contributed by atoms with Crippen molar-refractivity contribution in [1.29, 1.82) is 0 Å². The Morgan fingerprint density at radius 1 is 1.12 bits per heavy atom. The highest BCUT2D eigenvalue weighted by molar-refractivity contribution is 6.48. The highest BCUT2D eigenvalue weighted by atomic mass is 16.5. The molecule has 0 amide bonds. The summed E-state index contributed by atoms with van der Waals surface area (Å²) in [4.78, 5) is 35.9. The predicted octanol–water partition coefficient (Wildman–Crippen LogP) is 1.12. The molecule has 2 fully saturated rings. The van der Waals surface area contributed by atoms with Crippen molar-refractivity contribution < 1.29 is 19.1 Å². The van der Waals surface area contributed by atoms with Crippen molar-refractivity contribution in [3.8, 4) is 0 Å². The molecule has 0 aromatic rings. The average Bonchev–Trinajstić information content (AvgIpc) is 2.51. The Morgan fingerprint density at radius 2 is 1.69 bits per heavy atom. The summed E-state index contributed by atoms with van der Waals surface area (Å²) in [6.07, 6.45) is 1.01. The quantitative estimate of drug-likeness (QED) is 0.380. The van der Waals surface area contributed by atoms with Gasteiger partial charge in [0.05, 0.1) is 7.11 Å². The fourth-order valence-electron chi connectivity index (χ4n) is 3.40. The van der Waals surface area contributed by atoms with Gasteiger partial charge in [0.15, 0.2) is 0 Å². The summed E-state index contributed by atoms with van der Waals surface area (Å²) in [5.41, 5.74) is -2.60. The number of hydrogen-bond donors (Lipinski definition) is 0. The van der Waals surface area contributed by atoms with Gasteiger partial charge in [-0.2, -0.15) is 0 Å². The lowest BCUT2D eigenvalue weighted by molar-refractivity contribution is -0.163. The first-order valence-electron chi connectivity index (χ1n) is 5.43. The summed E-state index contributed by atoms with van der Waals surface area (Å²) in [6, 6.07) is 0. The second kappa shape index (κ2) is 2.73. The fraction of sp³-hybridized carbons (Fsp3) is 0.750. The summed E-state index contributed by atoms with van der Waals surface area (Å²) in [5, 5.41) is 0. The van der Waals surface area contributed by atoms with Crippen molar-refractivity contribution in [1.82, 2.24) is 0 Å². The summed E-state index contributed by atoms with van der Waals surface area (Å²) < 4.78 is 4.74. The van der Waals surface area contributed by atoms with Crippen LogP contribution in [-0.2, 0) is 19.1 Å². The normalized spacial score (nSPS) is 40.2. The molecule has 2 saturated carbocycles. The van der Waals surface area contributed by atoms with Crippen LogP contribution in [0.25, 0.3) is 0 Å². The van der Waals surface area contributed by atoms with E-state index in [4.69, 9.17) is 4.74 Å². The lowest BCUT2D eigenvalue weighted by Gasteiger charge is -2.36. The van der Waals surface area contributed by atoms with Crippen LogP contribution < -0.4 is 0 Å². The molecule has 0 radical (unpaired) electrons. The standard InChI is InChI=1S/C12H16O4/c1-10(2)11(3)5-6-12(10,9(15)16-4)8(14)7(11)13/h5-6H2,1-4H3/t11-,12+/m0/s1. The minimum atomic E-state index is -1.24. The number of Topliss-reactive ketones (excluding diaryl/α,β-unsaturated/α-hetero) is 2. The maximum Gasteiger partial charge on any atom is 0.320 e. The first kappa shape index (κ1) is 11.3. The molecule has 2 aliphatic carbocycles. The van der Waals surface area contributed by atoms with Crippen molar-refractivity contribution in [3.05, 3.63) is 0 Å². The van der Waals surface area contributed by atoms with Crippen LogP contribution in [0.5, 0.6) is 0 Å². The van der Waals surface area contributed by atoms with E-state index >= 15 is 0 Å². The molecule has 0 spiro atoms. The monoisotopic (exact) mass is 224 g/mol. The van der Waals surface area contributed by atoms with E-state index in [1.54, 1.807) is 6.92 Å². The molecule has 0 saturated heterocycles. The third kappa shape index (κ3) is 0.782. The number of methoxy groups -OCH3 is 1. The maximum absolute atomic E-state index is 12.1. The molecular formula is C12H16O4. The van der Waals surface area contributed by atoms with Gasteiger partial charge in [0.25, 0.3) is 0 Å². The molecule has 2 rings (SSSR count). The van der Waals surface area contributed by atoms with Gasteiger partial charge in [-0.3, -0.25) is 14.4 Å². The summed E-state index contributed by atoms with van der Waals surface area (Å²) >= 11 is 0. The first-order chi connectivity index (χ1) is 7.25. The number of carbonyl (C=O) groups excluding carboxylic acids is 3. The van der Waals surface area contributed by atoms with Gasteiger partial charge in [0.1, 0.15) is 5.41 Å². The van der Waals surface area contributed by atoms with Crippen molar-refractivity contribution in [3.63, 3.8) is 0 Å². The molecule has 4 heteroatoms. The topological polar surface area (TPSA) is 60.4 Å². The smallest absolute Gasteiger partial charge is 0.320 e. The minimum Gasteiger partial charge on any atom is -0.468 e. The largest absolute Gasteiger partial charge is 0.468 e. The SMILES string of the molecule is COC(=O)[C@@]12CC[C@@](C)(C(=O)C1=O)C2(C)C. The van der Waals surface area contributed by atoms with Crippen LogP contribution in [0.3, 0.4) is 0 Å². The van der Waals surface area contributed by atoms with Crippen LogP contribution in [0.15, 0.2) is 0 Å². The third-order valence-electron chi connectivity index (χ3n) is 5.08. The molecule has 2 aliphatic rings. The number of carbonyl (C=O) groups is 3. The molecule has 2 atom stereocenters. The molecule has 16 heavy (non-hydrogen) atoms. The molecule has 2 bridgehead atoms. The van der Waals surface area contributed by atoms with E-state index in [0.717, 1.165) is 0 Å². The number of fused-ring (bicyclic) bond motifs is 2. The van der Waals surface area contributed by atoms with Crippen LogP contribution in [0.2, 0.25) is 0 Å². The third-order valence-corrected chi connectivity index (χ3v) is 5.08. The minimum absolute atomic E-state index is 0.408. The van der Waals surface area contributed by atoms with Crippen molar-refractivity contribution in [2.75, 3.05) is 7.11 Å². The Hall–Kier alpha value is -1.19. The van der Waals surface area contributed by atoms with Crippen LogP contribution in [0.1, 0.15) is 33.6 Å². The molecule has 0 aromatic heterocycles. The van der Waals surface area contributed by atoms with Crippen LogP contribution >= 0.6 is 0 Å². The molecule has 4 nitrogen and oxygen atoms in total. The molecular weight excluding hydrogens is 208 g/mol. The van der Waals surface area contributed by atoms with Crippen molar-refractivity contribution in [2.45, 2.75) is 33.6 Å². The van der Waals surface area contributed by atoms with Gasteiger partial charge in [-0.15, -0.1) is 0 Å². The van der Waals surface area contributed by atoms with Gasteiger partial charge in [-0.05, 0) is 12.8 Å². The zero-order chi connectivity index (χ0) is 12.4. The van der Waals surface area contributed by atoms with E-state index in [0.29, 0.717) is 12.8 Å². The molecule has 0 unspecified atom stereocenters. The highest BCUT2D eigenvalue weighted by Gasteiger charge is 2.78. The molecule has 0 aliphatic heterocycles. The number of esters is 1. The van der Waals surface area contributed by atoms with Gasteiger partial charge < -0.3 is 4.74 Å². The lowest BCUT2D eigenvalue weighted by atomic mass is 9.65. The Morgan fingerprint density at radius 3 is 2.06 bits per heavy atom. The second-order valence-corrected chi connectivity index (χ2v) is 5.51. The lowest BCUT2D eigenvalue weighted by Crippen LogP contribution is -2.45. The van der Waals surface area contributed by atoms with Gasteiger partial charge >= 0.3 is 5.97 Å². The fourth-order valence-corrected chi connectivity index (χ4v) is 3.40. The van der Waals surface area contributed by atoms with Crippen LogP contribution in [-0.4, -0.2) is 24.6 Å². The Bertz CT molecular complexity index is 409. The van der Waals surface area contributed by atoms with E-state index < -0.39 is 33.8 Å². The maximum atomic E-state index is 12.1. The Labute approximate surface area is 94.3 Å². The van der Waals surface area contributed by atoms with E-state index in [1.165, 1.54) is 7.11 Å². The first-order valence-corrected chi connectivity index (χ1v) is 5.43. The Kier molecular flexibility index (Phi) is 1.93. The molecule has 0 heterocycles. The molecule has 0 aromatic carbocycles. The predicted molar refractivity (Wildman–Crippen MR) is 55.6 cm³/mol.